The van der Waals surface area contributed by atoms with Crippen molar-refractivity contribution in [3.63, 3.8) is 0 Å². The maximum Gasteiger partial charge on any atom is 0.516 e. The van der Waals surface area contributed by atoms with Gasteiger partial charge in [0.15, 0.2) is 0 Å². The first-order chi connectivity index (χ1) is 30.1. The molecule has 3 aromatic carbocycles. The van der Waals surface area contributed by atoms with Crippen molar-refractivity contribution in [2.45, 2.75) is 63.5 Å². The lowest BCUT2D eigenvalue weighted by atomic mass is 9.79. The van der Waals surface area contributed by atoms with Crippen molar-refractivity contribution < 1.29 is 70.7 Å². The molecular weight excluding hydrogens is 865 g/mol. The van der Waals surface area contributed by atoms with Crippen LogP contribution in [0.5, 0.6) is 17.2 Å². The van der Waals surface area contributed by atoms with E-state index in [1.54, 1.807) is 84.4 Å². The second-order valence-corrected chi connectivity index (χ2v) is 17.6. The van der Waals surface area contributed by atoms with Crippen molar-refractivity contribution in [2.24, 2.45) is 11.8 Å². The normalized spacial score (nSPS) is 20.9. The van der Waals surface area contributed by atoms with E-state index in [4.69, 9.17) is 33.2 Å². The number of rotatable bonds is 17. The second kappa shape index (κ2) is 20.4. The summed E-state index contributed by atoms with van der Waals surface area (Å²) in [7, 11) is 0.0223. The van der Waals surface area contributed by atoms with Crippen LogP contribution in [0.25, 0.3) is 0 Å². The minimum Gasteiger partial charge on any atom is -0.497 e. The van der Waals surface area contributed by atoms with Gasteiger partial charge in [-0.25, -0.2) is 23.9 Å². The third-order valence-electron chi connectivity index (χ3n) is 10.7. The van der Waals surface area contributed by atoms with E-state index in [1.165, 1.54) is 38.1 Å². The molecule has 6 atom stereocenters. The average molecular weight is 913 g/mol. The number of methoxy groups -OCH3 is 3. The monoisotopic (exact) mass is 912 g/mol. The first-order valence-electron chi connectivity index (χ1n) is 19.7. The van der Waals surface area contributed by atoms with Crippen LogP contribution in [0.1, 0.15) is 37.0 Å². The highest BCUT2D eigenvalue weighted by molar-refractivity contribution is 8.03. The van der Waals surface area contributed by atoms with Gasteiger partial charge in [-0.1, -0.05) is 43.3 Å². The SMILES string of the molecule is COc1ccc(COC(=O)NS(=O)(=O)NC[C@@H]2C[C@H](SC3=C(C(=O)OC(=O)OCc4ccc(OC)cc4)N4C(=O)[C@H]([C@@H](C)O)[C@H]4[C@H]3C)CN2C(=O)OCc2ccc(OC)cc2)cc1. The van der Waals surface area contributed by atoms with Crippen LogP contribution >= 0.6 is 11.8 Å². The van der Waals surface area contributed by atoms with Crippen LogP contribution in [0.2, 0.25) is 0 Å². The van der Waals surface area contributed by atoms with Gasteiger partial charge < -0.3 is 48.1 Å². The third-order valence-corrected chi connectivity index (χ3v) is 13.2. The second-order valence-electron chi connectivity index (χ2n) is 14.8. The molecule has 0 saturated carbocycles. The van der Waals surface area contributed by atoms with E-state index >= 15 is 0 Å². The largest absolute Gasteiger partial charge is 0.516 e. The molecule has 63 heavy (non-hydrogen) atoms. The van der Waals surface area contributed by atoms with Crippen LogP contribution in [0.3, 0.4) is 0 Å². The van der Waals surface area contributed by atoms with Crippen LogP contribution in [0, 0.1) is 11.8 Å². The molecule has 0 bridgehead atoms. The number of esters is 1. The van der Waals surface area contributed by atoms with E-state index in [9.17, 15) is 37.5 Å². The van der Waals surface area contributed by atoms with Gasteiger partial charge in [0, 0.05) is 35.2 Å². The number of nitrogens with zero attached hydrogens (tertiary/aromatic N) is 2. The van der Waals surface area contributed by atoms with Crippen LogP contribution in [-0.2, 0) is 58.6 Å². The maximum absolute atomic E-state index is 13.8. The van der Waals surface area contributed by atoms with Crippen molar-refractivity contribution >= 4 is 52.2 Å². The molecule has 3 heterocycles. The highest BCUT2D eigenvalue weighted by Gasteiger charge is 2.61. The van der Waals surface area contributed by atoms with Gasteiger partial charge in [0.25, 0.3) is 0 Å². The Morgan fingerprint density at radius 3 is 1.83 bits per heavy atom. The Morgan fingerprint density at radius 2 is 1.32 bits per heavy atom. The molecular formula is C42H48N4O15S2. The number of fused-ring (bicyclic) bond motifs is 1. The number of aliphatic hydroxyl groups is 1. The van der Waals surface area contributed by atoms with E-state index in [0.29, 0.717) is 38.8 Å². The predicted molar refractivity (Wildman–Crippen MR) is 224 cm³/mol. The van der Waals surface area contributed by atoms with Crippen LogP contribution in [0.15, 0.2) is 83.4 Å². The number of likely N-dealkylation sites (tertiary alicyclic amines) is 1. The summed E-state index contributed by atoms with van der Waals surface area (Å²) in [4.78, 5) is 69.0. The zero-order chi connectivity index (χ0) is 45.4. The number of aliphatic hydroxyl groups excluding tert-OH is 1. The Morgan fingerprint density at radius 1 is 0.810 bits per heavy atom. The molecule has 6 rings (SSSR count). The predicted octanol–water partition coefficient (Wildman–Crippen LogP) is 4.24. The first-order valence-corrected chi connectivity index (χ1v) is 22.0. The van der Waals surface area contributed by atoms with Crippen molar-refractivity contribution in [3.8, 4) is 17.2 Å². The van der Waals surface area contributed by atoms with E-state index < -0.39 is 75.7 Å². The summed E-state index contributed by atoms with van der Waals surface area (Å²) in [5.74, 6) is -1.26. The molecule has 3 amide bonds. The fraction of sp³-hybridized carbons (Fsp3) is 0.405. The maximum atomic E-state index is 13.8. The fourth-order valence-electron chi connectivity index (χ4n) is 7.44. The average Bonchev–Trinajstić information content (AvgIpc) is 3.79. The lowest BCUT2D eigenvalue weighted by molar-refractivity contribution is -0.163. The number of hydrogen-bond acceptors (Lipinski definition) is 16. The van der Waals surface area contributed by atoms with E-state index in [2.05, 4.69) is 4.72 Å². The highest BCUT2D eigenvalue weighted by Crippen LogP contribution is 2.52. The van der Waals surface area contributed by atoms with Gasteiger partial charge in [-0.3, -0.25) is 4.79 Å². The molecule has 2 saturated heterocycles. The van der Waals surface area contributed by atoms with Crippen molar-refractivity contribution in [2.75, 3.05) is 34.4 Å². The molecule has 2 fully saturated rings. The summed E-state index contributed by atoms with van der Waals surface area (Å²) in [6, 6.07) is 18.6. The van der Waals surface area contributed by atoms with Crippen LogP contribution in [0.4, 0.5) is 14.4 Å². The number of hydrogen-bond donors (Lipinski definition) is 3. The lowest BCUT2D eigenvalue weighted by Crippen LogP contribution is -2.63. The molecule has 0 aromatic heterocycles. The highest BCUT2D eigenvalue weighted by atomic mass is 32.2. The fourth-order valence-corrected chi connectivity index (χ4v) is 9.77. The molecule has 0 unspecified atom stereocenters. The van der Waals surface area contributed by atoms with Crippen LogP contribution < -0.4 is 23.7 Å². The van der Waals surface area contributed by atoms with Gasteiger partial charge in [0.2, 0.25) is 5.91 Å². The molecule has 0 aliphatic carbocycles. The van der Waals surface area contributed by atoms with E-state index in [0.717, 1.165) is 11.8 Å². The Kier molecular flexibility index (Phi) is 15.1. The zero-order valence-electron chi connectivity index (χ0n) is 35.0. The number of carbonyl (C=O) groups excluding carboxylic acids is 5. The van der Waals surface area contributed by atoms with Gasteiger partial charge in [0.1, 0.15) is 42.8 Å². The Balaban J connectivity index is 1.16. The summed E-state index contributed by atoms with van der Waals surface area (Å²) in [6.07, 6.45) is -4.22. The summed E-state index contributed by atoms with van der Waals surface area (Å²) in [5.41, 5.74) is 1.63. The molecule has 19 nitrogen and oxygen atoms in total. The molecule has 0 spiro atoms. The smallest absolute Gasteiger partial charge is 0.497 e. The van der Waals surface area contributed by atoms with Crippen molar-refractivity contribution in [3.05, 3.63) is 100 Å². The summed E-state index contributed by atoms with van der Waals surface area (Å²) < 4.78 is 66.6. The minimum absolute atomic E-state index is 0.00324. The van der Waals surface area contributed by atoms with Gasteiger partial charge in [-0.15, -0.1) is 11.8 Å². The summed E-state index contributed by atoms with van der Waals surface area (Å²) in [5, 5.41) is 9.98. The Hall–Kier alpha value is -6.03. The third kappa shape index (κ3) is 11.3. The molecule has 3 aliphatic rings. The Bertz CT molecular complexity index is 2290. The molecule has 0 radical (unpaired) electrons. The number of benzene rings is 3. The topological polar surface area (TPSA) is 235 Å². The molecule has 3 aliphatic heterocycles. The summed E-state index contributed by atoms with van der Waals surface area (Å²) in [6.45, 7) is 2.30. The minimum atomic E-state index is -4.51. The van der Waals surface area contributed by atoms with Crippen molar-refractivity contribution in [1.29, 1.82) is 0 Å². The van der Waals surface area contributed by atoms with Gasteiger partial charge in [-0.2, -0.15) is 13.1 Å². The number of amides is 3. The lowest BCUT2D eigenvalue weighted by Gasteiger charge is -2.46. The quantitative estimate of drug-likeness (QED) is 0.0744. The van der Waals surface area contributed by atoms with Gasteiger partial charge in [-0.05, 0) is 66.4 Å². The van der Waals surface area contributed by atoms with Crippen LogP contribution in [-0.4, -0.2) is 111 Å². The number of thioether (sulfide) groups is 1. The van der Waals surface area contributed by atoms with Gasteiger partial charge in [0.05, 0.1) is 39.4 Å². The number of carbonyl (C=O) groups is 5. The first kappa shape index (κ1) is 46.5. The van der Waals surface area contributed by atoms with Gasteiger partial charge >= 0.3 is 34.5 Å². The number of ether oxygens (including phenoxy) is 7. The van der Waals surface area contributed by atoms with E-state index in [1.807, 2.05) is 0 Å². The zero-order valence-corrected chi connectivity index (χ0v) is 36.6. The van der Waals surface area contributed by atoms with E-state index in [-0.39, 0.29) is 45.0 Å². The molecule has 3 aromatic rings. The number of β-lactam (4-membered cyclic amide) rings is 1. The molecule has 21 heteroatoms. The molecule has 3 N–H and O–H groups in total. The van der Waals surface area contributed by atoms with Crippen molar-refractivity contribution in [1.82, 2.24) is 19.2 Å². The standard InChI is InChI=1S/C42H48N4O15S2/c1-24-35-34(25(2)47)38(48)46(35)36(39(49)61-42(52)60-23-28-10-16-32(57-5)17-11-28)37(24)62-33-18-29(45(20-33)41(51)59-22-27-8-14-31(56-4)15-9-27)19-43-63(53,54)44-40(50)58-21-26-6-12-30(55-3)13-7-26/h6-17,24-25,29,33-35,43,47H,18-23H2,1-5H3,(H,44,50)/t24-,25-,29+,33+,34-,35-/m1/s1. The molecule has 338 valence electrons. The summed E-state index contributed by atoms with van der Waals surface area (Å²) >= 11 is 1.16. The Labute approximate surface area is 368 Å². The number of nitrogens with one attached hydrogen (secondary N) is 2.